The number of aliphatic hydroxyl groups excluding tert-OH is 1. The summed E-state index contributed by atoms with van der Waals surface area (Å²) in [6.45, 7) is -0.213. The van der Waals surface area contributed by atoms with Crippen molar-refractivity contribution in [3.05, 3.63) is 33.1 Å². The summed E-state index contributed by atoms with van der Waals surface area (Å²) in [5, 5.41) is 8.93. The molecule has 1 heterocycles. The summed E-state index contributed by atoms with van der Waals surface area (Å²) in [6, 6.07) is 0.613. The molecule has 0 spiro atoms. The molecule has 88 valence electrons. The average molecular weight is 228 g/mol. The fraction of sp³-hybridized carbons (Fsp3) is 0.600. The molecule has 0 aliphatic heterocycles. The Kier molecular flexibility index (Phi) is 2.91. The van der Waals surface area contributed by atoms with Gasteiger partial charge in [-0.2, -0.15) is 0 Å². The lowest BCUT2D eigenvalue weighted by Gasteiger charge is -2.17. The first-order valence-electron chi connectivity index (χ1n) is 5.20. The van der Waals surface area contributed by atoms with Crippen LogP contribution in [0.15, 0.2) is 21.9 Å². The van der Waals surface area contributed by atoms with Crippen LogP contribution in [0, 0.1) is 5.92 Å². The normalized spacial score (nSPS) is 29.5. The van der Waals surface area contributed by atoms with Gasteiger partial charge in [0.05, 0.1) is 6.04 Å². The fourth-order valence-electron chi connectivity index (χ4n) is 2.19. The number of hydrogen-bond donors (Lipinski definition) is 2. The molecule has 3 atom stereocenters. The van der Waals surface area contributed by atoms with Gasteiger partial charge < -0.3 is 5.11 Å². The molecule has 0 radical (unpaired) electrons. The van der Waals surface area contributed by atoms with Gasteiger partial charge >= 0.3 is 5.69 Å². The van der Waals surface area contributed by atoms with Crippen LogP contribution in [0.3, 0.4) is 0 Å². The summed E-state index contributed by atoms with van der Waals surface area (Å²) in [4.78, 5) is 24.4. The summed E-state index contributed by atoms with van der Waals surface area (Å²) in [7, 11) is 0. The number of aromatic nitrogens is 2. The predicted octanol–water partition coefficient (Wildman–Crippen LogP) is -0.182. The maximum Gasteiger partial charge on any atom is 0.328 e. The van der Waals surface area contributed by atoms with E-state index in [9.17, 15) is 14.0 Å². The first-order chi connectivity index (χ1) is 7.63. The zero-order chi connectivity index (χ0) is 11.7. The second kappa shape index (κ2) is 4.21. The number of H-pyrrole nitrogens is 1. The van der Waals surface area contributed by atoms with Crippen molar-refractivity contribution in [3.8, 4) is 0 Å². The number of aliphatic hydroxyl groups is 1. The van der Waals surface area contributed by atoms with E-state index in [2.05, 4.69) is 4.98 Å². The van der Waals surface area contributed by atoms with Crippen molar-refractivity contribution in [1.82, 2.24) is 9.55 Å². The van der Waals surface area contributed by atoms with E-state index in [1.165, 1.54) is 16.8 Å². The molecule has 0 saturated heterocycles. The lowest BCUT2D eigenvalue weighted by atomic mass is 10.1. The van der Waals surface area contributed by atoms with Crippen LogP contribution < -0.4 is 11.2 Å². The van der Waals surface area contributed by atoms with Crippen LogP contribution >= 0.6 is 0 Å². The summed E-state index contributed by atoms with van der Waals surface area (Å²) in [5.41, 5.74) is -1.09. The van der Waals surface area contributed by atoms with Crippen molar-refractivity contribution in [1.29, 1.82) is 0 Å². The zero-order valence-corrected chi connectivity index (χ0v) is 8.60. The smallest absolute Gasteiger partial charge is 0.328 e. The Morgan fingerprint density at radius 3 is 2.81 bits per heavy atom. The van der Waals surface area contributed by atoms with Crippen molar-refractivity contribution in [2.75, 3.05) is 6.61 Å². The maximum absolute atomic E-state index is 13.8. The molecule has 3 unspecified atom stereocenters. The number of aromatic amines is 1. The van der Waals surface area contributed by atoms with Crippen LogP contribution in [0.1, 0.15) is 18.9 Å². The third-order valence-electron chi connectivity index (χ3n) is 3.09. The number of nitrogens with zero attached hydrogens (tertiary/aromatic N) is 1. The fourth-order valence-corrected chi connectivity index (χ4v) is 2.19. The Labute approximate surface area is 90.5 Å². The van der Waals surface area contributed by atoms with Crippen molar-refractivity contribution in [2.45, 2.75) is 25.1 Å². The van der Waals surface area contributed by atoms with Crippen LogP contribution in [0.5, 0.6) is 0 Å². The Morgan fingerprint density at radius 2 is 2.25 bits per heavy atom. The molecular formula is C10H13FN2O3. The molecule has 1 aliphatic rings. The van der Waals surface area contributed by atoms with E-state index in [1.807, 2.05) is 0 Å². The summed E-state index contributed by atoms with van der Waals surface area (Å²) < 4.78 is 15.0. The maximum atomic E-state index is 13.8. The molecule has 2 N–H and O–H groups in total. The van der Waals surface area contributed by atoms with Gasteiger partial charge in [-0.1, -0.05) is 0 Å². The minimum absolute atomic E-state index is 0.213. The van der Waals surface area contributed by atoms with E-state index < -0.39 is 29.4 Å². The van der Waals surface area contributed by atoms with Crippen LogP contribution in [0.2, 0.25) is 0 Å². The van der Waals surface area contributed by atoms with Crippen molar-refractivity contribution in [3.63, 3.8) is 0 Å². The second-order valence-corrected chi connectivity index (χ2v) is 4.05. The van der Waals surface area contributed by atoms with E-state index in [-0.39, 0.29) is 6.61 Å². The van der Waals surface area contributed by atoms with Gasteiger partial charge in [-0.25, -0.2) is 9.18 Å². The van der Waals surface area contributed by atoms with E-state index in [0.717, 1.165) is 0 Å². The molecule has 2 rings (SSSR count). The zero-order valence-electron chi connectivity index (χ0n) is 8.60. The Balaban J connectivity index is 2.32. The van der Waals surface area contributed by atoms with Crippen LogP contribution in [-0.2, 0) is 0 Å². The molecule has 0 bridgehead atoms. The number of halogens is 1. The van der Waals surface area contributed by atoms with Gasteiger partial charge in [0, 0.05) is 24.8 Å². The first-order valence-corrected chi connectivity index (χ1v) is 5.20. The average Bonchev–Trinajstić information content (AvgIpc) is 2.60. The highest BCUT2D eigenvalue weighted by molar-refractivity contribution is 4.93. The number of nitrogens with one attached hydrogen (secondary N) is 1. The summed E-state index contributed by atoms with van der Waals surface area (Å²) >= 11 is 0. The molecule has 1 aromatic heterocycles. The summed E-state index contributed by atoms with van der Waals surface area (Å²) in [6.07, 6.45) is 1.11. The van der Waals surface area contributed by atoms with Gasteiger partial charge in [0.25, 0.3) is 5.56 Å². The molecule has 16 heavy (non-hydrogen) atoms. The highest BCUT2D eigenvalue weighted by atomic mass is 19.1. The molecular weight excluding hydrogens is 215 g/mol. The van der Waals surface area contributed by atoms with Gasteiger partial charge in [-0.15, -0.1) is 0 Å². The molecule has 1 saturated carbocycles. The van der Waals surface area contributed by atoms with E-state index in [1.54, 1.807) is 0 Å². The van der Waals surface area contributed by atoms with Gasteiger partial charge in [0.15, 0.2) is 0 Å². The third-order valence-corrected chi connectivity index (χ3v) is 3.09. The lowest BCUT2D eigenvalue weighted by Crippen LogP contribution is -2.34. The first kappa shape index (κ1) is 11.1. The summed E-state index contributed by atoms with van der Waals surface area (Å²) in [5.74, 6) is -0.413. The molecule has 0 aromatic carbocycles. The van der Waals surface area contributed by atoms with E-state index >= 15 is 0 Å². The Morgan fingerprint density at radius 1 is 1.50 bits per heavy atom. The largest absolute Gasteiger partial charge is 0.396 e. The monoisotopic (exact) mass is 228 g/mol. The molecule has 0 amide bonds. The van der Waals surface area contributed by atoms with Gasteiger partial charge in [-0.3, -0.25) is 14.3 Å². The van der Waals surface area contributed by atoms with Crippen molar-refractivity contribution >= 4 is 0 Å². The van der Waals surface area contributed by atoms with Gasteiger partial charge in [0.2, 0.25) is 0 Å². The Hall–Kier alpha value is -1.43. The van der Waals surface area contributed by atoms with Crippen LogP contribution in [0.25, 0.3) is 0 Å². The molecule has 1 aliphatic carbocycles. The number of rotatable bonds is 2. The molecule has 1 fully saturated rings. The van der Waals surface area contributed by atoms with Crippen LogP contribution in [-0.4, -0.2) is 27.4 Å². The van der Waals surface area contributed by atoms with Gasteiger partial charge in [0.1, 0.15) is 6.17 Å². The lowest BCUT2D eigenvalue weighted by molar-refractivity contribution is 0.139. The van der Waals surface area contributed by atoms with E-state index in [0.29, 0.717) is 12.8 Å². The highest BCUT2D eigenvalue weighted by Gasteiger charge is 2.37. The van der Waals surface area contributed by atoms with Gasteiger partial charge in [-0.05, 0) is 12.8 Å². The SMILES string of the molecule is O=c1ccn(C2CCC(CO)C2F)c(=O)[nH]1. The topological polar surface area (TPSA) is 75.1 Å². The second-order valence-electron chi connectivity index (χ2n) is 4.05. The standard InChI is InChI=1S/C10H13FN2O3/c11-9-6(5-14)1-2-7(9)13-4-3-8(15)12-10(13)16/h3-4,6-7,9,14H,1-2,5H2,(H,12,15,16). The van der Waals surface area contributed by atoms with Crippen molar-refractivity contribution < 1.29 is 9.50 Å². The molecule has 6 heteroatoms. The van der Waals surface area contributed by atoms with E-state index in [4.69, 9.17) is 5.11 Å². The minimum Gasteiger partial charge on any atom is -0.396 e. The predicted molar refractivity (Wildman–Crippen MR) is 55.1 cm³/mol. The van der Waals surface area contributed by atoms with Crippen molar-refractivity contribution in [2.24, 2.45) is 5.92 Å². The third kappa shape index (κ3) is 1.80. The number of hydrogen-bond acceptors (Lipinski definition) is 3. The number of alkyl halides is 1. The van der Waals surface area contributed by atoms with Crippen LogP contribution in [0.4, 0.5) is 4.39 Å². The quantitative estimate of drug-likeness (QED) is 0.737. The molecule has 5 nitrogen and oxygen atoms in total. The minimum atomic E-state index is -1.24. The molecule has 1 aromatic rings. The Bertz CT molecular complexity index is 481. The highest BCUT2D eigenvalue weighted by Crippen LogP contribution is 2.36.